The number of benzene rings is 4. The molecule has 0 bridgehead atoms. The minimum absolute atomic E-state index is 0.127. The Morgan fingerprint density at radius 3 is 2.41 bits per heavy atom. The van der Waals surface area contributed by atoms with Crippen molar-refractivity contribution in [2.45, 2.75) is 13.5 Å². The number of anilines is 1. The molecule has 194 valence electrons. The van der Waals surface area contributed by atoms with Crippen LogP contribution in [0.1, 0.15) is 28.4 Å². The number of rotatable bonds is 7. The molecule has 0 aliphatic rings. The van der Waals surface area contributed by atoms with Gasteiger partial charge in [-0.05, 0) is 78.2 Å². The fourth-order valence-corrected chi connectivity index (χ4v) is 4.42. The first-order chi connectivity index (χ1) is 18.8. The zero-order chi connectivity index (χ0) is 27.5. The van der Waals surface area contributed by atoms with E-state index in [0.29, 0.717) is 16.7 Å². The van der Waals surface area contributed by atoms with Gasteiger partial charge in [-0.1, -0.05) is 42.5 Å². The van der Waals surface area contributed by atoms with Gasteiger partial charge in [0, 0.05) is 23.9 Å². The molecule has 0 aliphatic heterocycles. The fourth-order valence-electron chi connectivity index (χ4n) is 4.42. The Hall–Kier alpha value is -4.91. The summed E-state index contributed by atoms with van der Waals surface area (Å²) < 4.78 is 32.0. The van der Waals surface area contributed by atoms with Gasteiger partial charge in [0.15, 0.2) is 5.78 Å². The van der Waals surface area contributed by atoms with Crippen LogP contribution >= 0.6 is 0 Å². The van der Waals surface area contributed by atoms with Crippen LogP contribution in [0, 0.1) is 11.6 Å². The first-order valence-electron chi connectivity index (χ1n) is 12.3. The maximum atomic E-state index is 15.5. The number of allylic oxidation sites excluding steroid dienone is 1. The van der Waals surface area contributed by atoms with Gasteiger partial charge in [-0.25, -0.2) is 13.8 Å². The molecule has 0 radical (unpaired) electrons. The summed E-state index contributed by atoms with van der Waals surface area (Å²) in [6.07, 6.45) is 4.53. The summed E-state index contributed by atoms with van der Waals surface area (Å²) in [6, 6.07) is 23.2. The SMILES string of the molecule is CC(=O)/C=C/c1cc(F)cc(N(Cc2ccc(-c3ccc4c(c3)ncn4C)cc2F)C(=O)c2ccccc2)c1. The number of nitrogens with zero attached hydrogens (tertiary/aromatic N) is 3. The van der Waals surface area contributed by atoms with E-state index in [4.69, 9.17) is 0 Å². The first-order valence-corrected chi connectivity index (χ1v) is 12.3. The smallest absolute Gasteiger partial charge is 0.258 e. The molecule has 1 aromatic heterocycles. The standard InChI is InChI=1S/C32H25F2N3O2/c1-21(38)8-9-22-14-27(33)18-28(15-22)37(32(39)23-6-4-3-5-7-23)19-26-11-10-24(16-29(26)34)25-12-13-31-30(17-25)35-20-36(31)2/h3-18,20H,19H2,1-2H3/b9-8+. The van der Waals surface area contributed by atoms with Crippen LogP contribution in [0.3, 0.4) is 0 Å². The summed E-state index contributed by atoms with van der Waals surface area (Å²) >= 11 is 0. The lowest BCUT2D eigenvalue weighted by Gasteiger charge is -2.24. The minimum atomic E-state index is -0.581. The number of aromatic nitrogens is 2. The van der Waals surface area contributed by atoms with Gasteiger partial charge in [0.2, 0.25) is 0 Å². The highest BCUT2D eigenvalue weighted by Gasteiger charge is 2.21. The summed E-state index contributed by atoms with van der Waals surface area (Å²) in [5, 5.41) is 0. The molecule has 0 spiro atoms. The second-order valence-corrected chi connectivity index (χ2v) is 9.31. The average Bonchev–Trinajstić information content (AvgIpc) is 3.31. The largest absolute Gasteiger partial charge is 0.334 e. The highest BCUT2D eigenvalue weighted by molar-refractivity contribution is 6.06. The number of imidazole rings is 1. The molecule has 0 unspecified atom stereocenters. The lowest BCUT2D eigenvalue weighted by molar-refractivity contribution is -0.112. The summed E-state index contributed by atoms with van der Waals surface area (Å²) in [4.78, 5) is 30.7. The number of carbonyl (C=O) groups is 2. The molecule has 0 aliphatic carbocycles. The number of ketones is 1. The van der Waals surface area contributed by atoms with Crippen LogP contribution in [0.2, 0.25) is 0 Å². The lowest BCUT2D eigenvalue weighted by atomic mass is 10.0. The molecule has 39 heavy (non-hydrogen) atoms. The predicted molar refractivity (Wildman–Crippen MR) is 149 cm³/mol. The van der Waals surface area contributed by atoms with Crippen molar-refractivity contribution in [3.8, 4) is 11.1 Å². The van der Waals surface area contributed by atoms with Crippen molar-refractivity contribution in [1.29, 1.82) is 0 Å². The van der Waals surface area contributed by atoms with Gasteiger partial charge in [0.25, 0.3) is 5.91 Å². The van der Waals surface area contributed by atoms with Gasteiger partial charge in [0.1, 0.15) is 11.6 Å². The Morgan fingerprint density at radius 2 is 1.67 bits per heavy atom. The third-order valence-electron chi connectivity index (χ3n) is 6.43. The average molecular weight is 522 g/mol. The van der Waals surface area contributed by atoms with E-state index < -0.39 is 17.5 Å². The number of aryl methyl sites for hydroxylation is 1. The number of fused-ring (bicyclic) bond motifs is 1. The fraction of sp³-hybridized carbons (Fsp3) is 0.0938. The Bertz CT molecular complexity index is 1720. The van der Waals surface area contributed by atoms with Crippen molar-refractivity contribution in [2.24, 2.45) is 7.05 Å². The van der Waals surface area contributed by atoms with Gasteiger partial charge in [0.05, 0.1) is 23.9 Å². The van der Waals surface area contributed by atoms with Gasteiger partial charge in [-0.3, -0.25) is 9.59 Å². The summed E-state index contributed by atoms with van der Waals surface area (Å²) in [5.41, 5.74) is 4.57. The van der Waals surface area contributed by atoms with Crippen LogP contribution in [0.15, 0.2) is 97.3 Å². The topological polar surface area (TPSA) is 55.2 Å². The molecule has 7 heteroatoms. The van der Waals surface area contributed by atoms with Crippen molar-refractivity contribution in [3.63, 3.8) is 0 Å². The Labute approximate surface area is 224 Å². The second kappa shape index (κ2) is 10.8. The molecule has 0 fully saturated rings. The van der Waals surface area contributed by atoms with Gasteiger partial charge in [-0.2, -0.15) is 0 Å². The van der Waals surface area contributed by atoms with Crippen LogP contribution in [-0.4, -0.2) is 21.2 Å². The van der Waals surface area contributed by atoms with E-state index in [9.17, 15) is 14.0 Å². The maximum absolute atomic E-state index is 15.5. The minimum Gasteiger partial charge on any atom is -0.334 e. The van der Waals surface area contributed by atoms with Gasteiger partial charge in [-0.15, -0.1) is 0 Å². The number of amides is 1. The van der Waals surface area contributed by atoms with Crippen molar-refractivity contribution in [1.82, 2.24) is 9.55 Å². The van der Waals surface area contributed by atoms with Crippen molar-refractivity contribution in [3.05, 3.63) is 126 Å². The lowest BCUT2D eigenvalue weighted by Crippen LogP contribution is -2.31. The van der Waals surface area contributed by atoms with E-state index >= 15 is 4.39 Å². The Kier molecular flexibility index (Phi) is 7.14. The van der Waals surface area contributed by atoms with Gasteiger partial charge >= 0.3 is 0 Å². The molecule has 5 rings (SSSR count). The number of hydrogen-bond donors (Lipinski definition) is 0. The molecule has 4 aromatic carbocycles. The zero-order valence-corrected chi connectivity index (χ0v) is 21.4. The molecule has 5 aromatic rings. The third kappa shape index (κ3) is 5.67. The molecular formula is C32H25F2N3O2. The summed E-state index contributed by atoms with van der Waals surface area (Å²) in [7, 11) is 1.91. The van der Waals surface area contributed by atoms with Crippen molar-refractivity contribution >= 4 is 34.5 Å². The van der Waals surface area contributed by atoms with E-state index in [2.05, 4.69) is 4.98 Å². The van der Waals surface area contributed by atoms with E-state index in [-0.39, 0.29) is 23.6 Å². The van der Waals surface area contributed by atoms with E-state index in [0.717, 1.165) is 16.6 Å². The number of carbonyl (C=O) groups excluding carboxylic acids is 2. The normalized spacial score (nSPS) is 11.3. The van der Waals surface area contributed by atoms with Crippen LogP contribution in [0.25, 0.3) is 28.2 Å². The molecule has 0 atom stereocenters. The molecule has 0 saturated heterocycles. The van der Waals surface area contributed by atoms with Crippen LogP contribution in [0.5, 0.6) is 0 Å². The predicted octanol–water partition coefficient (Wildman–Crippen LogP) is 6.97. The maximum Gasteiger partial charge on any atom is 0.258 e. The Balaban J connectivity index is 1.51. The molecule has 5 nitrogen and oxygen atoms in total. The van der Waals surface area contributed by atoms with Gasteiger partial charge < -0.3 is 9.47 Å². The molecule has 0 saturated carbocycles. The molecular weight excluding hydrogens is 496 g/mol. The third-order valence-corrected chi connectivity index (χ3v) is 6.43. The second-order valence-electron chi connectivity index (χ2n) is 9.31. The highest BCUT2D eigenvalue weighted by atomic mass is 19.1. The first kappa shape index (κ1) is 25.7. The number of halogens is 2. The zero-order valence-electron chi connectivity index (χ0n) is 21.4. The summed E-state index contributed by atoms with van der Waals surface area (Å²) in [5.74, 6) is -1.68. The highest BCUT2D eigenvalue weighted by Crippen LogP contribution is 2.28. The van der Waals surface area contributed by atoms with Crippen LogP contribution < -0.4 is 4.90 Å². The molecule has 0 N–H and O–H groups in total. The van der Waals surface area contributed by atoms with E-state index in [1.807, 2.05) is 29.8 Å². The number of hydrogen-bond acceptors (Lipinski definition) is 3. The van der Waals surface area contributed by atoms with Crippen molar-refractivity contribution < 1.29 is 18.4 Å². The van der Waals surface area contributed by atoms with Crippen LogP contribution in [-0.2, 0) is 18.4 Å². The molecule has 1 heterocycles. The summed E-state index contributed by atoms with van der Waals surface area (Å²) in [6.45, 7) is 1.27. The Morgan fingerprint density at radius 1 is 0.923 bits per heavy atom. The van der Waals surface area contributed by atoms with E-state index in [1.54, 1.807) is 54.9 Å². The van der Waals surface area contributed by atoms with Crippen LogP contribution in [0.4, 0.5) is 14.5 Å². The monoisotopic (exact) mass is 521 g/mol. The molecule has 1 amide bonds. The van der Waals surface area contributed by atoms with E-state index in [1.165, 1.54) is 42.2 Å². The quantitative estimate of drug-likeness (QED) is 0.217. The van der Waals surface area contributed by atoms with Crippen molar-refractivity contribution in [2.75, 3.05) is 4.90 Å².